The summed E-state index contributed by atoms with van der Waals surface area (Å²) in [7, 11) is 5.99. The van der Waals surface area contributed by atoms with E-state index in [1.807, 2.05) is 0 Å². The van der Waals surface area contributed by atoms with Crippen LogP contribution in [0.25, 0.3) is 0 Å². The number of benzene rings is 3. The average molecular weight is 780 g/mol. The number of hydrogen-bond donors (Lipinski definition) is 2. The molecular weight excluding hydrogens is 726 g/mol. The summed E-state index contributed by atoms with van der Waals surface area (Å²) in [6, 6.07) is 17.6. The molecule has 3 aromatic carbocycles. The van der Waals surface area contributed by atoms with Crippen LogP contribution in [0.2, 0.25) is 0 Å². The molecule has 0 aliphatic carbocycles. The molecule has 0 radical (unpaired) electrons. The van der Waals surface area contributed by atoms with Crippen LogP contribution in [0.4, 0.5) is 9.59 Å². The van der Waals surface area contributed by atoms with Crippen LogP contribution in [0, 0.1) is 0 Å². The van der Waals surface area contributed by atoms with Crippen molar-refractivity contribution >= 4 is 30.0 Å². The second-order valence-corrected chi connectivity index (χ2v) is 13.7. The smallest absolute Gasteiger partial charge is 0.407 e. The molecule has 0 fully saturated rings. The van der Waals surface area contributed by atoms with E-state index in [-0.39, 0.29) is 52.0 Å². The fraction of sp³-hybridized carbons (Fsp3) is 0.439. The van der Waals surface area contributed by atoms with E-state index in [4.69, 9.17) is 33.2 Å². The third kappa shape index (κ3) is 15.8. The van der Waals surface area contributed by atoms with Gasteiger partial charge in [0, 0.05) is 20.0 Å². The van der Waals surface area contributed by atoms with E-state index in [0.29, 0.717) is 28.4 Å². The highest BCUT2D eigenvalue weighted by Crippen LogP contribution is 2.17. The number of esters is 3. The first-order valence-corrected chi connectivity index (χ1v) is 18.1. The van der Waals surface area contributed by atoms with Crippen molar-refractivity contribution in [2.45, 2.75) is 84.0 Å². The van der Waals surface area contributed by atoms with Crippen LogP contribution in [0.15, 0.2) is 72.8 Å². The summed E-state index contributed by atoms with van der Waals surface area (Å²) in [5.41, 5.74) is 1.39. The molecule has 2 atom stereocenters. The maximum Gasteiger partial charge on any atom is 0.407 e. The van der Waals surface area contributed by atoms with Gasteiger partial charge in [0.2, 0.25) is 0 Å². The van der Waals surface area contributed by atoms with Crippen molar-refractivity contribution in [2.24, 2.45) is 0 Å². The van der Waals surface area contributed by atoms with Crippen LogP contribution in [0.1, 0.15) is 63.1 Å². The summed E-state index contributed by atoms with van der Waals surface area (Å²) in [5, 5.41) is 5.30. The summed E-state index contributed by atoms with van der Waals surface area (Å²) < 4.78 is 37.4. The molecule has 2 unspecified atom stereocenters. The number of nitrogens with one attached hydrogen (secondary N) is 2. The fourth-order valence-corrected chi connectivity index (χ4v) is 5.08. The third-order valence-corrected chi connectivity index (χ3v) is 8.24. The van der Waals surface area contributed by atoms with Crippen LogP contribution in [0.5, 0.6) is 17.2 Å². The first-order valence-electron chi connectivity index (χ1n) is 18.1. The number of nitrogens with zero attached hydrogens (tertiary/aromatic N) is 1. The number of amides is 3. The van der Waals surface area contributed by atoms with Crippen molar-refractivity contribution in [3.63, 3.8) is 0 Å². The number of carbonyl (C=O) groups excluding carboxylic acids is 5. The highest BCUT2D eigenvalue weighted by molar-refractivity contribution is 5.87. The molecule has 0 aliphatic rings. The SMILES string of the molecule is COc1ccc(COC(=O)CCC(C(=O)OCc2ccc(OC)cc2)N(C)C(=O)NC(CCCNC(=O)OC(C)(C)C)C(=O)OCc2ccc(OC)cc2)cc1. The maximum absolute atomic E-state index is 13.8. The predicted octanol–water partition coefficient (Wildman–Crippen LogP) is 5.71. The highest BCUT2D eigenvalue weighted by Gasteiger charge is 2.32. The van der Waals surface area contributed by atoms with Crippen molar-refractivity contribution in [1.82, 2.24) is 15.5 Å². The zero-order chi connectivity index (χ0) is 41.1. The summed E-state index contributed by atoms with van der Waals surface area (Å²) in [6.45, 7) is 5.15. The standard InChI is InChI=1S/C41H53N3O12/c1-41(2,3)56-40(49)42-24-8-9-34(37(46)54-26-29-12-18-32(51-6)19-13-29)43-39(48)44(4)35(38(47)55-27-30-14-20-33(52-7)21-15-30)22-23-36(45)53-25-28-10-16-31(50-5)17-11-28/h10-21,34-35H,8-9,22-27H2,1-7H3,(H,42,49)(H,43,48). The van der Waals surface area contributed by atoms with E-state index in [2.05, 4.69) is 10.6 Å². The monoisotopic (exact) mass is 779 g/mol. The second kappa shape index (κ2) is 22.4. The first kappa shape index (κ1) is 44.4. The van der Waals surface area contributed by atoms with Gasteiger partial charge in [0.1, 0.15) is 54.8 Å². The van der Waals surface area contributed by atoms with Gasteiger partial charge in [-0.05, 0) is 93.1 Å². The van der Waals surface area contributed by atoms with Gasteiger partial charge in [0.05, 0.1) is 21.3 Å². The zero-order valence-electron chi connectivity index (χ0n) is 33.1. The van der Waals surface area contributed by atoms with Gasteiger partial charge in [-0.2, -0.15) is 0 Å². The number of methoxy groups -OCH3 is 3. The minimum atomic E-state index is -1.24. The molecule has 0 bridgehead atoms. The summed E-state index contributed by atoms with van der Waals surface area (Å²) in [5.74, 6) is -0.196. The van der Waals surface area contributed by atoms with Gasteiger partial charge >= 0.3 is 30.0 Å². The van der Waals surface area contributed by atoms with Crippen molar-refractivity contribution in [2.75, 3.05) is 34.9 Å². The van der Waals surface area contributed by atoms with Gasteiger partial charge in [-0.1, -0.05) is 36.4 Å². The minimum absolute atomic E-state index is 0.00512. The Kier molecular flexibility index (Phi) is 17.8. The number of rotatable bonds is 20. The van der Waals surface area contributed by atoms with Gasteiger partial charge in [0.15, 0.2) is 0 Å². The number of urea groups is 1. The number of likely N-dealkylation sites (N-methyl/N-ethyl adjacent to an activating group) is 1. The quantitative estimate of drug-likeness (QED) is 0.0813. The molecule has 15 nitrogen and oxygen atoms in total. The van der Waals surface area contributed by atoms with E-state index >= 15 is 0 Å². The van der Waals surface area contributed by atoms with Crippen molar-refractivity contribution < 1.29 is 57.1 Å². The maximum atomic E-state index is 13.8. The molecule has 56 heavy (non-hydrogen) atoms. The van der Waals surface area contributed by atoms with Gasteiger partial charge < -0.3 is 48.7 Å². The van der Waals surface area contributed by atoms with E-state index in [0.717, 1.165) is 10.5 Å². The molecule has 3 amide bonds. The third-order valence-electron chi connectivity index (χ3n) is 8.24. The molecular formula is C41H53N3O12. The van der Waals surface area contributed by atoms with Crippen LogP contribution in [0.3, 0.4) is 0 Å². The van der Waals surface area contributed by atoms with Gasteiger partial charge in [-0.25, -0.2) is 19.2 Å². The van der Waals surface area contributed by atoms with E-state index < -0.39 is 47.7 Å². The van der Waals surface area contributed by atoms with Crippen molar-refractivity contribution in [3.8, 4) is 17.2 Å². The van der Waals surface area contributed by atoms with Crippen LogP contribution in [-0.4, -0.2) is 87.5 Å². The van der Waals surface area contributed by atoms with Crippen LogP contribution < -0.4 is 24.8 Å². The number of carbonyl (C=O) groups is 5. The van der Waals surface area contributed by atoms with Gasteiger partial charge in [-0.3, -0.25) is 4.79 Å². The molecule has 0 spiro atoms. The molecule has 0 saturated heterocycles. The van der Waals surface area contributed by atoms with E-state index in [1.54, 1.807) is 101 Å². The largest absolute Gasteiger partial charge is 0.497 e. The predicted molar refractivity (Wildman–Crippen MR) is 205 cm³/mol. The zero-order valence-corrected chi connectivity index (χ0v) is 33.1. The highest BCUT2D eigenvalue weighted by atomic mass is 16.6. The second-order valence-electron chi connectivity index (χ2n) is 13.7. The van der Waals surface area contributed by atoms with Gasteiger partial charge in [-0.15, -0.1) is 0 Å². The molecule has 304 valence electrons. The van der Waals surface area contributed by atoms with E-state index in [1.165, 1.54) is 21.3 Å². The Labute approximate surface area is 327 Å². The molecule has 0 aliphatic heterocycles. The normalized spacial score (nSPS) is 11.9. The average Bonchev–Trinajstić information content (AvgIpc) is 3.19. The Bertz CT molecular complexity index is 1710. The Hall–Kier alpha value is -5.99. The van der Waals surface area contributed by atoms with Crippen molar-refractivity contribution in [3.05, 3.63) is 89.5 Å². The fourth-order valence-electron chi connectivity index (χ4n) is 5.08. The molecule has 0 heterocycles. The Balaban J connectivity index is 1.72. The Morgan fingerprint density at radius 2 is 1.09 bits per heavy atom. The topological polar surface area (TPSA) is 177 Å². The Morgan fingerprint density at radius 1 is 0.643 bits per heavy atom. The molecule has 3 aromatic rings. The summed E-state index contributed by atoms with van der Waals surface area (Å²) in [4.78, 5) is 66.8. The molecule has 3 rings (SSSR count). The summed E-state index contributed by atoms with van der Waals surface area (Å²) >= 11 is 0. The first-order chi connectivity index (χ1) is 26.7. The lowest BCUT2D eigenvalue weighted by Gasteiger charge is -2.28. The van der Waals surface area contributed by atoms with Crippen molar-refractivity contribution in [1.29, 1.82) is 0 Å². The lowest BCUT2D eigenvalue weighted by molar-refractivity contribution is -0.151. The summed E-state index contributed by atoms with van der Waals surface area (Å²) in [6.07, 6.45) is -0.655. The minimum Gasteiger partial charge on any atom is -0.497 e. The number of hydrogen-bond acceptors (Lipinski definition) is 12. The van der Waals surface area contributed by atoms with Crippen LogP contribution in [-0.2, 0) is 53.2 Å². The molecule has 0 saturated carbocycles. The molecule has 15 heteroatoms. The lowest BCUT2D eigenvalue weighted by Crippen LogP contribution is -2.52. The molecule has 0 aromatic heterocycles. The number of ether oxygens (including phenoxy) is 7. The molecule has 2 N–H and O–H groups in total. The number of alkyl carbamates (subject to hydrolysis) is 1. The van der Waals surface area contributed by atoms with Crippen LogP contribution >= 0.6 is 0 Å². The van der Waals surface area contributed by atoms with Gasteiger partial charge in [0.25, 0.3) is 0 Å². The van der Waals surface area contributed by atoms with E-state index in [9.17, 15) is 24.0 Å². The Morgan fingerprint density at radius 3 is 1.54 bits per heavy atom. The lowest BCUT2D eigenvalue weighted by atomic mass is 10.1.